The first kappa shape index (κ1) is 21.4. The van der Waals surface area contributed by atoms with Crippen molar-refractivity contribution in [3.8, 4) is 0 Å². The van der Waals surface area contributed by atoms with Gasteiger partial charge in [0.05, 0.1) is 6.10 Å². The van der Waals surface area contributed by atoms with Crippen LogP contribution in [0.15, 0.2) is 24.4 Å². The predicted octanol–water partition coefficient (Wildman–Crippen LogP) is 3.39. The summed E-state index contributed by atoms with van der Waals surface area (Å²) in [7, 11) is 1.72. The Bertz CT molecular complexity index is 1020. The molecule has 0 spiro atoms. The average Bonchev–Trinajstić information content (AvgIpc) is 3.26. The van der Waals surface area contributed by atoms with Gasteiger partial charge in [0.15, 0.2) is 0 Å². The van der Waals surface area contributed by atoms with Crippen LogP contribution in [-0.2, 0) is 4.74 Å². The molecular weight excluding hydrogens is 404 g/mol. The van der Waals surface area contributed by atoms with Crippen molar-refractivity contribution in [1.82, 2.24) is 19.6 Å². The molecule has 2 aromatic heterocycles. The third-order valence-electron chi connectivity index (χ3n) is 8.53. The number of amides is 2. The van der Waals surface area contributed by atoms with Crippen molar-refractivity contribution in [2.24, 2.45) is 23.2 Å². The highest BCUT2D eigenvalue weighted by Gasteiger charge is 2.53. The van der Waals surface area contributed by atoms with Crippen molar-refractivity contribution in [1.29, 1.82) is 0 Å². The lowest BCUT2D eigenvalue weighted by atomic mass is 9.45. The van der Waals surface area contributed by atoms with Crippen LogP contribution in [0.4, 0.5) is 0 Å². The molecule has 0 unspecified atom stereocenters. The fourth-order valence-corrected chi connectivity index (χ4v) is 6.28. The van der Waals surface area contributed by atoms with Gasteiger partial charge in [0.2, 0.25) is 0 Å². The Balaban J connectivity index is 1.28. The van der Waals surface area contributed by atoms with Gasteiger partial charge in [0, 0.05) is 32.9 Å². The van der Waals surface area contributed by atoms with Crippen LogP contribution in [-0.4, -0.2) is 58.9 Å². The minimum Gasteiger partial charge on any atom is -0.381 e. The summed E-state index contributed by atoms with van der Waals surface area (Å²) in [5.74, 6) is 1.92. The van der Waals surface area contributed by atoms with Gasteiger partial charge < -0.3 is 15.0 Å². The van der Waals surface area contributed by atoms with Crippen LogP contribution < -0.4 is 5.32 Å². The van der Waals surface area contributed by atoms with Crippen LogP contribution in [0.2, 0.25) is 0 Å². The standard InChI is InChI=1S/C25H34N4O3/c1-25(2)17-8-7-16(19(25)13-17)14-26-23(30)21-5-4-6-22-27-20(15-29(21)22)24(31)28-11-9-18(32-3)10-12-28/h4-6,15-19H,7-14H2,1-3H3,(H,26,30)/t16-,17-,19+/m0/s1. The number of piperidine rings is 1. The van der Waals surface area contributed by atoms with Gasteiger partial charge in [-0.1, -0.05) is 19.9 Å². The quantitative estimate of drug-likeness (QED) is 0.776. The molecule has 3 heterocycles. The number of nitrogens with zero attached hydrogens (tertiary/aromatic N) is 3. The largest absolute Gasteiger partial charge is 0.381 e. The molecule has 7 heteroatoms. The summed E-state index contributed by atoms with van der Waals surface area (Å²) in [5, 5.41) is 3.17. The molecule has 4 aliphatic rings. The van der Waals surface area contributed by atoms with E-state index in [0.29, 0.717) is 53.9 Å². The summed E-state index contributed by atoms with van der Waals surface area (Å²) in [6, 6.07) is 5.46. The molecule has 2 aromatic rings. The molecule has 172 valence electrons. The van der Waals surface area contributed by atoms with E-state index in [1.54, 1.807) is 23.8 Å². The first-order valence-corrected chi connectivity index (χ1v) is 12.0. The molecule has 7 nitrogen and oxygen atoms in total. The monoisotopic (exact) mass is 438 g/mol. The highest BCUT2D eigenvalue weighted by molar-refractivity contribution is 5.95. The molecule has 4 fully saturated rings. The number of ether oxygens (including phenoxy) is 1. The van der Waals surface area contributed by atoms with Crippen LogP contribution in [0.5, 0.6) is 0 Å². The van der Waals surface area contributed by atoms with E-state index in [2.05, 4.69) is 24.1 Å². The van der Waals surface area contributed by atoms with E-state index in [-0.39, 0.29) is 17.9 Å². The van der Waals surface area contributed by atoms with E-state index in [4.69, 9.17) is 4.74 Å². The molecular formula is C25H34N4O3. The lowest BCUT2D eigenvalue weighted by Gasteiger charge is -2.60. The lowest BCUT2D eigenvalue weighted by molar-refractivity contribution is -0.103. The normalized spacial score (nSPS) is 27.2. The Kier molecular flexibility index (Phi) is 5.48. The Morgan fingerprint density at radius 2 is 1.97 bits per heavy atom. The molecule has 1 saturated heterocycles. The number of imidazole rings is 1. The number of hydrogen-bond donors (Lipinski definition) is 1. The number of aromatic nitrogens is 2. The summed E-state index contributed by atoms with van der Waals surface area (Å²) in [4.78, 5) is 32.4. The Morgan fingerprint density at radius 1 is 1.19 bits per heavy atom. The van der Waals surface area contributed by atoms with E-state index >= 15 is 0 Å². The second-order valence-corrected chi connectivity index (χ2v) is 10.4. The fraction of sp³-hybridized carbons (Fsp3) is 0.640. The van der Waals surface area contributed by atoms with Crippen molar-refractivity contribution in [3.63, 3.8) is 0 Å². The molecule has 3 saturated carbocycles. The van der Waals surface area contributed by atoms with Crippen LogP contribution in [0.1, 0.15) is 66.9 Å². The molecule has 2 amide bonds. The van der Waals surface area contributed by atoms with Gasteiger partial charge in [0.25, 0.3) is 11.8 Å². The highest BCUT2D eigenvalue weighted by atomic mass is 16.5. The van der Waals surface area contributed by atoms with Gasteiger partial charge in [-0.05, 0) is 67.4 Å². The molecule has 0 radical (unpaired) electrons. The second-order valence-electron chi connectivity index (χ2n) is 10.4. The number of methoxy groups -OCH3 is 1. The lowest BCUT2D eigenvalue weighted by Crippen LogP contribution is -2.54. The van der Waals surface area contributed by atoms with Crippen molar-refractivity contribution >= 4 is 17.5 Å². The van der Waals surface area contributed by atoms with Gasteiger partial charge in [-0.25, -0.2) is 4.98 Å². The Hall–Kier alpha value is -2.41. The number of pyridine rings is 1. The number of carbonyl (C=O) groups excluding carboxylic acids is 2. The fourth-order valence-electron chi connectivity index (χ4n) is 6.28. The van der Waals surface area contributed by atoms with Gasteiger partial charge in [-0.2, -0.15) is 0 Å². The third-order valence-corrected chi connectivity index (χ3v) is 8.53. The minimum atomic E-state index is -0.104. The first-order chi connectivity index (χ1) is 15.4. The van der Waals surface area contributed by atoms with Crippen LogP contribution in [0.25, 0.3) is 5.65 Å². The third kappa shape index (κ3) is 3.60. The molecule has 1 N–H and O–H groups in total. The van der Waals surface area contributed by atoms with Crippen LogP contribution >= 0.6 is 0 Å². The first-order valence-electron chi connectivity index (χ1n) is 12.0. The van der Waals surface area contributed by atoms with Crippen molar-refractivity contribution in [2.75, 3.05) is 26.7 Å². The number of rotatable bonds is 5. The van der Waals surface area contributed by atoms with Gasteiger partial charge in [-0.3, -0.25) is 14.0 Å². The molecule has 2 bridgehead atoms. The summed E-state index contributed by atoms with van der Waals surface area (Å²) in [5.41, 5.74) is 1.93. The van der Waals surface area contributed by atoms with E-state index in [1.165, 1.54) is 19.3 Å². The molecule has 3 atom stereocenters. The zero-order valence-electron chi connectivity index (χ0n) is 19.3. The van der Waals surface area contributed by atoms with Gasteiger partial charge >= 0.3 is 0 Å². The average molecular weight is 439 g/mol. The Labute approximate surface area is 189 Å². The number of fused-ring (bicyclic) bond motifs is 3. The molecule has 6 rings (SSSR count). The maximum Gasteiger partial charge on any atom is 0.274 e. The number of nitrogens with one attached hydrogen (secondary N) is 1. The summed E-state index contributed by atoms with van der Waals surface area (Å²) >= 11 is 0. The maximum atomic E-state index is 13.1. The number of hydrogen-bond acceptors (Lipinski definition) is 4. The topological polar surface area (TPSA) is 75.9 Å². The van der Waals surface area contributed by atoms with Crippen LogP contribution in [0.3, 0.4) is 0 Å². The summed E-state index contributed by atoms with van der Waals surface area (Å²) in [6.07, 6.45) is 7.37. The van der Waals surface area contributed by atoms with Gasteiger partial charge in [0.1, 0.15) is 17.0 Å². The molecule has 32 heavy (non-hydrogen) atoms. The van der Waals surface area contributed by atoms with E-state index in [1.807, 2.05) is 17.0 Å². The zero-order valence-corrected chi connectivity index (χ0v) is 19.3. The Morgan fingerprint density at radius 3 is 2.66 bits per heavy atom. The smallest absolute Gasteiger partial charge is 0.274 e. The highest BCUT2D eigenvalue weighted by Crippen LogP contribution is 2.61. The zero-order chi connectivity index (χ0) is 22.5. The van der Waals surface area contributed by atoms with E-state index < -0.39 is 0 Å². The van der Waals surface area contributed by atoms with E-state index in [0.717, 1.165) is 18.8 Å². The van der Waals surface area contributed by atoms with Gasteiger partial charge in [-0.15, -0.1) is 0 Å². The number of carbonyl (C=O) groups is 2. The number of likely N-dealkylation sites (tertiary alicyclic amines) is 1. The van der Waals surface area contributed by atoms with E-state index in [9.17, 15) is 9.59 Å². The minimum absolute atomic E-state index is 0.0846. The molecule has 0 aromatic carbocycles. The molecule has 1 aliphatic heterocycles. The predicted molar refractivity (Wildman–Crippen MR) is 122 cm³/mol. The maximum absolute atomic E-state index is 13.1. The van der Waals surface area contributed by atoms with Crippen molar-refractivity contribution < 1.29 is 14.3 Å². The summed E-state index contributed by atoms with van der Waals surface area (Å²) in [6.45, 7) is 6.80. The SMILES string of the molecule is COC1CCN(C(=O)c2cn3c(C(=O)NC[C@@H]4CC[C@H]5C[C@H]4C5(C)C)cccc3n2)CC1. The van der Waals surface area contributed by atoms with Crippen molar-refractivity contribution in [3.05, 3.63) is 35.8 Å². The summed E-state index contributed by atoms with van der Waals surface area (Å²) < 4.78 is 7.14. The molecule has 3 aliphatic carbocycles. The van der Waals surface area contributed by atoms with Crippen molar-refractivity contribution in [2.45, 2.75) is 52.1 Å². The second kappa shape index (κ2) is 8.18. The van der Waals surface area contributed by atoms with Crippen LogP contribution in [0, 0.1) is 23.2 Å².